The van der Waals surface area contributed by atoms with Crippen LogP contribution < -0.4 is 4.74 Å². The Labute approximate surface area is 134 Å². The van der Waals surface area contributed by atoms with Gasteiger partial charge in [-0.2, -0.15) is 0 Å². The summed E-state index contributed by atoms with van der Waals surface area (Å²) in [5.74, 6) is 0.0143. The maximum absolute atomic E-state index is 11.5. The zero-order valence-electron chi connectivity index (χ0n) is 12.4. The lowest BCUT2D eigenvalue weighted by Crippen LogP contribution is -2.16. The molecule has 5 heteroatoms. The van der Waals surface area contributed by atoms with Gasteiger partial charge in [-0.05, 0) is 41.8 Å². The van der Waals surface area contributed by atoms with Crippen LogP contribution in [0.5, 0.6) is 5.75 Å². The van der Waals surface area contributed by atoms with Crippen molar-refractivity contribution >= 4 is 17.6 Å². The van der Waals surface area contributed by atoms with Gasteiger partial charge in [-0.15, -0.1) is 0 Å². The van der Waals surface area contributed by atoms with Gasteiger partial charge in [0.25, 0.3) is 0 Å². The fourth-order valence-electron chi connectivity index (χ4n) is 2.08. The molecule has 2 aromatic rings. The van der Waals surface area contributed by atoms with Crippen LogP contribution in [0.4, 0.5) is 0 Å². The van der Waals surface area contributed by atoms with Gasteiger partial charge < -0.3 is 14.6 Å². The van der Waals surface area contributed by atoms with Crippen molar-refractivity contribution in [1.29, 1.82) is 0 Å². The number of carbonyl (C=O) groups excluding carboxylic acids is 1. The number of halogens is 1. The fraction of sp³-hybridized carbons (Fsp3) is 0.235. The molecule has 116 valence electrons. The summed E-state index contributed by atoms with van der Waals surface area (Å²) in [5.41, 5.74) is 2.05. The lowest BCUT2D eigenvalue weighted by molar-refractivity contribution is -0.150. The Morgan fingerprint density at radius 3 is 2.68 bits per heavy atom. The largest absolute Gasteiger partial charge is 0.489 e. The smallest absolute Gasteiger partial charge is 0.339 e. The van der Waals surface area contributed by atoms with Crippen LogP contribution in [-0.4, -0.2) is 18.2 Å². The van der Waals surface area contributed by atoms with E-state index in [4.69, 9.17) is 16.3 Å². The molecule has 0 saturated heterocycles. The number of hydrogen-bond acceptors (Lipinski definition) is 4. The van der Waals surface area contributed by atoms with E-state index in [1.807, 2.05) is 31.2 Å². The van der Waals surface area contributed by atoms with Crippen molar-refractivity contribution in [2.75, 3.05) is 7.11 Å². The van der Waals surface area contributed by atoms with Crippen LogP contribution in [0.2, 0.25) is 5.02 Å². The van der Waals surface area contributed by atoms with Crippen LogP contribution in [0.1, 0.15) is 22.8 Å². The normalized spacial score (nSPS) is 11.8. The minimum absolute atomic E-state index is 0.189. The molecule has 0 radical (unpaired) electrons. The molecular formula is C17H17ClO4. The van der Waals surface area contributed by atoms with Crippen molar-refractivity contribution in [2.45, 2.75) is 19.6 Å². The molecule has 0 aliphatic heterocycles. The van der Waals surface area contributed by atoms with E-state index in [1.54, 1.807) is 18.2 Å². The van der Waals surface area contributed by atoms with Gasteiger partial charge in [0.2, 0.25) is 0 Å². The molecule has 1 atom stereocenters. The van der Waals surface area contributed by atoms with E-state index in [2.05, 4.69) is 4.74 Å². The van der Waals surface area contributed by atoms with Crippen LogP contribution in [0, 0.1) is 6.92 Å². The number of aliphatic hydroxyl groups is 1. The lowest BCUT2D eigenvalue weighted by atomic mass is 10.0. The monoisotopic (exact) mass is 320 g/mol. The second kappa shape index (κ2) is 7.29. The Bertz CT molecular complexity index is 669. The first kappa shape index (κ1) is 16.3. The summed E-state index contributed by atoms with van der Waals surface area (Å²) < 4.78 is 10.3. The van der Waals surface area contributed by atoms with E-state index in [0.717, 1.165) is 11.3 Å². The van der Waals surface area contributed by atoms with Gasteiger partial charge in [-0.1, -0.05) is 35.9 Å². The molecule has 0 heterocycles. The summed E-state index contributed by atoms with van der Waals surface area (Å²) in [7, 11) is 1.23. The summed E-state index contributed by atoms with van der Waals surface area (Å²) in [6.07, 6.45) is -1.36. The Morgan fingerprint density at radius 1 is 1.27 bits per heavy atom. The Hall–Kier alpha value is -2.04. The highest BCUT2D eigenvalue weighted by molar-refractivity contribution is 6.30. The topological polar surface area (TPSA) is 55.8 Å². The van der Waals surface area contributed by atoms with Crippen LogP contribution in [-0.2, 0) is 16.1 Å². The number of aliphatic hydroxyl groups excluding tert-OH is 1. The molecule has 0 fully saturated rings. The van der Waals surface area contributed by atoms with Gasteiger partial charge in [-0.25, -0.2) is 4.79 Å². The van der Waals surface area contributed by atoms with Gasteiger partial charge >= 0.3 is 5.97 Å². The van der Waals surface area contributed by atoms with Gasteiger partial charge in [0, 0.05) is 5.02 Å². The zero-order valence-corrected chi connectivity index (χ0v) is 13.1. The predicted molar refractivity (Wildman–Crippen MR) is 83.9 cm³/mol. The first-order chi connectivity index (χ1) is 10.5. The van der Waals surface area contributed by atoms with Crippen molar-refractivity contribution in [3.8, 4) is 5.75 Å². The van der Waals surface area contributed by atoms with Gasteiger partial charge in [-0.3, -0.25) is 0 Å². The van der Waals surface area contributed by atoms with E-state index in [0.29, 0.717) is 16.1 Å². The third-order valence-corrected chi connectivity index (χ3v) is 3.54. The quantitative estimate of drug-likeness (QED) is 0.857. The molecule has 22 heavy (non-hydrogen) atoms. The third kappa shape index (κ3) is 3.78. The number of methoxy groups -OCH3 is 1. The molecule has 1 unspecified atom stereocenters. The Balaban J connectivity index is 2.24. The van der Waals surface area contributed by atoms with Crippen molar-refractivity contribution in [3.05, 3.63) is 64.2 Å². The second-order valence-corrected chi connectivity index (χ2v) is 5.26. The predicted octanol–water partition coefficient (Wildman–Crippen LogP) is 3.43. The van der Waals surface area contributed by atoms with E-state index >= 15 is 0 Å². The molecule has 2 aromatic carbocycles. The summed E-state index contributed by atoms with van der Waals surface area (Å²) in [5, 5.41) is 10.5. The summed E-state index contributed by atoms with van der Waals surface area (Å²) in [4.78, 5) is 11.5. The number of esters is 1. The van der Waals surface area contributed by atoms with Gasteiger partial charge in [0.1, 0.15) is 12.4 Å². The minimum atomic E-state index is -1.36. The van der Waals surface area contributed by atoms with Crippen molar-refractivity contribution in [2.24, 2.45) is 0 Å². The first-order valence-corrected chi connectivity index (χ1v) is 7.13. The van der Waals surface area contributed by atoms with Crippen molar-refractivity contribution in [3.63, 3.8) is 0 Å². The molecule has 4 nitrogen and oxygen atoms in total. The zero-order chi connectivity index (χ0) is 16.1. The van der Waals surface area contributed by atoms with Crippen LogP contribution in [0.3, 0.4) is 0 Å². The SMILES string of the molecule is COC(=O)C(O)c1ccc(Cl)cc1COc1ccccc1C. The molecule has 0 amide bonds. The maximum Gasteiger partial charge on any atom is 0.339 e. The lowest BCUT2D eigenvalue weighted by Gasteiger charge is -2.15. The van der Waals surface area contributed by atoms with E-state index in [1.165, 1.54) is 7.11 Å². The molecule has 0 bridgehead atoms. The minimum Gasteiger partial charge on any atom is -0.489 e. The molecule has 2 rings (SSSR count). The van der Waals surface area contributed by atoms with E-state index in [9.17, 15) is 9.90 Å². The number of ether oxygens (including phenoxy) is 2. The molecule has 1 N–H and O–H groups in total. The average Bonchev–Trinajstić information content (AvgIpc) is 2.53. The standard InChI is InChI=1S/C17H17ClO4/c1-11-5-3-4-6-15(11)22-10-12-9-13(18)7-8-14(12)16(19)17(20)21-2/h3-9,16,19H,10H2,1-2H3. The van der Waals surface area contributed by atoms with E-state index in [-0.39, 0.29) is 6.61 Å². The molecular weight excluding hydrogens is 304 g/mol. The third-order valence-electron chi connectivity index (χ3n) is 3.30. The van der Waals surface area contributed by atoms with Gasteiger partial charge in [0.05, 0.1) is 7.11 Å². The number of para-hydroxylation sites is 1. The summed E-state index contributed by atoms with van der Waals surface area (Å²) in [6, 6.07) is 12.5. The molecule has 0 aliphatic rings. The number of hydrogen-bond donors (Lipinski definition) is 1. The second-order valence-electron chi connectivity index (χ2n) is 4.82. The van der Waals surface area contributed by atoms with Crippen molar-refractivity contribution in [1.82, 2.24) is 0 Å². The average molecular weight is 321 g/mol. The van der Waals surface area contributed by atoms with Crippen LogP contribution in [0.15, 0.2) is 42.5 Å². The van der Waals surface area contributed by atoms with Crippen molar-refractivity contribution < 1.29 is 19.4 Å². The van der Waals surface area contributed by atoms with Crippen LogP contribution >= 0.6 is 11.6 Å². The van der Waals surface area contributed by atoms with E-state index < -0.39 is 12.1 Å². The number of aryl methyl sites for hydroxylation is 1. The molecule has 0 spiro atoms. The molecule has 0 aliphatic carbocycles. The summed E-state index contributed by atoms with van der Waals surface area (Å²) in [6.45, 7) is 2.13. The summed E-state index contributed by atoms with van der Waals surface area (Å²) >= 11 is 5.99. The number of rotatable bonds is 5. The first-order valence-electron chi connectivity index (χ1n) is 6.75. The number of carbonyl (C=O) groups is 1. The highest BCUT2D eigenvalue weighted by Crippen LogP contribution is 2.25. The fourth-order valence-corrected chi connectivity index (χ4v) is 2.27. The molecule has 0 aromatic heterocycles. The Morgan fingerprint density at radius 2 is 2.00 bits per heavy atom. The van der Waals surface area contributed by atoms with Gasteiger partial charge in [0.15, 0.2) is 6.10 Å². The highest BCUT2D eigenvalue weighted by Gasteiger charge is 2.21. The maximum atomic E-state index is 11.5. The molecule has 0 saturated carbocycles. The highest BCUT2D eigenvalue weighted by atomic mass is 35.5. The Kier molecular flexibility index (Phi) is 5.41. The van der Waals surface area contributed by atoms with Crippen LogP contribution in [0.25, 0.3) is 0 Å². The number of benzene rings is 2.